The first-order valence-corrected chi connectivity index (χ1v) is 8.36. The van der Waals surface area contributed by atoms with Crippen LogP contribution in [0.1, 0.15) is 12.7 Å². The molecule has 7 heteroatoms. The summed E-state index contributed by atoms with van der Waals surface area (Å²) in [5.41, 5.74) is 2.78. The molecule has 0 atom stereocenters. The fraction of sp³-hybridized carbons (Fsp3) is 0.158. The molecule has 1 N–H and O–H groups in total. The fourth-order valence-corrected chi connectivity index (χ4v) is 2.81. The highest BCUT2D eigenvalue weighted by molar-refractivity contribution is 5.77. The number of fused-ring (bicyclic) bond motifs is 1. The van der Waals surface area contributed by atoms with Crippen molar-refractivity contribution in [3.63, 3.8) is 0 Å². The van der Waals surface area contributed by atoms with Crippen LogP contribution >= 0.6 is 0 Å². The molecule has 0 saturated heterocycles. The SMILES string of the molecule is CCc1nc2ccccc2n1-c1nncc(Nc2ccc(OC)cc2)n1. The van der Waals surface area contributed by atoms with Gasteiger partial charge in [-0.05, 0) is 36.4 Å². The number of aryl methyl sites for hydroxylation is 1. The summed E-state index contributed by atoms with van der Waals surface area (Å²) in [5, 5.41) is 11.6. The summed E-state index contributed by atoms with van der Waals surface area (Å²) in [6.07, 6.45) is 2.37. The van der Waals surface area contributed by atoms with Gasteiger partial charge in [0.15, 0.2) is 5.82 Å². The summed E-state index contributed by atoms with van der Waals surface area (Å²) in [6.45, 7) is 2.06. The molecule has 0 amide bonds. The molecule has 0 aliphatic rings. The number of rotatable bonds is 5. The fourth-order valence-electron chi connectivity index (χ4n) is 2.81. The first kappa shape index (κ1) is 16.0. The number of ether oxygens (including phenoxy) is 1. The first-order valence-electron chi connectivity index (χ1n) is 8.36. The van der Waals surface area contributed by atoms with E-state index in [1.165, 1.54) is 0 Å². The third kappa shape index (κ3) is 2.95. The first-order chi connectivity index (χ1) is 12.8. The third-order valence-corrected chi connectivity index (χ3v) is 4.06. The van der Waals surface area contributed by atoms with Gasteiger partial charge in [-0.15, -0.1) is 5.10 Å². The molecule has 0 fully saturated rings. The largest absolute Gasteiger partial charge is 0.497 e. The summed E-state index contributed by atoms with van der Waals surface area (Å²) in [7, 11) is 1.64. The van der Waals surface area contributed by atoms with Crippen molar-refractivity contribution in [2.75, 3.05) is 12.4 Å². The van der Waals surface area contributed by atoms with Gasteiger partial charge in [0.1, 0.15) is 11.6 Å². The zero-order valence-corrected chi connectivity index (χ0v) is 14.5. The average molecular weight is 346 g/mol. The van der Waals surface area contributed by atoms with E-state index in [9.17, 15) is 0 Å². The van der Waals surface area contributed by atoms with E-state index in [1.807, 2.05) is 53.1 Å². The van der Waals surface area contributed by atoms with E-state index in [0.717, 1.165) is 34.7 Å². The number of nitrogens with one attached hydrogen (secondary N) is 1. The van der Waals surface area contributed by atoms with E-state index in [-0.39, 0.29) is 0 Å². The van der Waals surface area contributed by atoms with Gasteiger partial charge in [0.25, 0.3) is 5.95 Å². The van der Waals surface area contributed by atoms with Crippen molar-refractivity contribution in [2.24, 2.45) is 0 Å². The molecule has 7 nitrogen and oxygen atoms in total. The summed E-state index contributed by atoms with van der Waals surface area (Å²) in [6, 6.07) is 15.6. The summed E-state index contributed by atoms with van der Waals surface area (Å²) < 4.78 is 7.12. The highest BCUT2D eigenvalue weighted by Gasteiger charge is 2.14. The van der Waals surface area contributed by atoms with Gasteiger partial charge in [-0.2, -0.15) is 10.1 Å². The van der Waals surface area contributed by atoms with Crippen molar-refractivity contribution < 1.29 is 4.74 Å². The monoisotopic (exact) mass is 346 g/mol. The van der Waals surface area contributed by atoms with Crippen LogP contribution < -0.4 is 10.1 Å². The maximum Gasteiger partial charge on any atom is 0.257 e. The van der Waals surface area contributed by atoms with Gasteiger partial charge in [0, 0.05) is 12.1 Å². The lowest BCUT2D eigenvalue weighted by Gasteiger charge is -2.09. The predicted molar refractivity (Wildman–Crippen MR) is 100 cm³/mol. The third-order valence-electron chi connectivity index (χ3n) is 4.06. The molecule has 2 aromatic heterocycles. The topological polar surface area (TPSA) is 77.8 Å². The van der Waals surface area contributed by atoms with Crippen LogP contribution in [0.15, 0.2) is 54.7 Å². The van der Waals surface area contributed by atoms with Gasteiger partial charge in [0.05, 0.1) is 24.3 Å². The standard InChI is InChI=1S/C19H18N6O/c1-3-18-22-15-6-4-5-7-16(15)25(18)19-23-17(12-20-24-19)21-13-8-10-14(26-2)11-9-13/h4-12H,3H2,1-2H3,(H,21,23,24). The highest BCUT2D eigenvalue weighted by atomic mass is 16.5. The Morgan fingerprint density at radius 1 is 1.04 bits per heavy atom. The number of imidazole rings is 1. The van der Waals surface area contributed by atoms with Gasteiger partial charge < -0.3 is 10.1 Å². The van der Waals surface area contributed by atoms with Crippen molar-refractivity contribution in [1.29, 1.82) is 0 Å². The Morgan fingerprint density at radius 2 is 1.85 bits per heavy atom. The molecule has 0 radical (unpaired) electrons. The Kier molecular flexibility index (Phi) is 4.18. The van der Waals surface area contributed by atoms with Crippen molar-refractivity contribution in [3.05, 3.63) is 60.6 Å². The van der Waals surface area contributed by atoms with Gasteiger partial charge in [0.2, 0.25) is 0 Å². The van der Waals surface area contributed by atoms with E-state index in [2.05, 4.69) is 32.4 Å². The van der Waals surface area contributed by atoms with Gasteiger partial charge in [-0.1, -0.05) is 19.1 Å². The predicted octanol–water partition coefficient (Wildman–Crippen LogP) is 3.53. The summed E-state index contributed by atoms with van der Waals surface area (Å²) in [5.74, 6) is 2.80. The van der Waals surface area contributed by atoms with E-state index in [0.29, 0.717) is 11.8 Å². The number of para-hydroxylation sites is 2. The molecule has 4 aromatic rings. The lowest BCUT2D eigenvalue weighted by molar-refractivity contribution is 0.415. The van der Waals surface area contributed by atoms with Gasteiger partial charge >= 0.3 is 0 Å². The van der Waals surface area contributed by atoms with E-state index < -0.39 is 0 Å². The molecule has 130 valence electrons. The molecular formula is C19H18N6O. The number of hydrogen-bond donors (Lipinski definition) is 1. The zero-order chi connectivity index (χ0) is 17.9. The normalized spacial score (nSPS) is 10.8. The number of hydrogen-bond acceptors (Lipinski definition) is 6. The van der Waals surface area contributed by atoms with Crippen LogP contribution in [0.3, 0.4) is 0 Å². The lowest BCUT2D eigenvalue weighted by atomic mass is 10.3. The number of methoxy groups -OCH3 is 1. The minimum atomic E-state index is 0.495. The molecule has 2 aromatic carbocycles. The van der Waals surface area contributed by atoms with Gasteiger partial charge in [-0.3, -0.25) is 4.57 Å². The molecule has 26 heavy (non-hydrogen) atoms. The highest BCUT2D eigenvalue weighted by Crippen LogP contribution is 2.22. The van der Waals surface area contributed by atoms with Crippen molar-refractivity contribution in [1.82, 2.24) is 24.7 Å². The molecule has 0 saturated carbocycles. The summed E-state index contributed by atoms with van der Waals surface area (Å²) in [4.78, 5) is 9.28. The molecule has 0 spiro atoms. The summed E-state index contributed by atoms with van der Waals surface area (Å²) >= 11 is 0. The Hall–Kier alpha value is -3.48. The number of nitrogens with zero attached hydrogens (tertiary/aromatic N) is 5. The van der Waals surface area contributed by atoms with Crippen LogP contribution in [0.4, 0.5) is 11.5 Å². The van der Waals surface area contributed by atoms with Crippen LogP contribution in [-0.4, -0.2) is 31.8 Å². The van der Waals surface area contributed by atoms with E-state index >= 15 is 0 Å². The number of aromatic nitrogens is 5. The van der Waals surface area contributed by atoms with Crippen molar-refractivity contribution >= 4 is 22.5 Å². The molecule has 0 aliphatic carbocycles. The quantitative estimate of drug-likeness (QED) is 0.596. The number of anilines is 2. The maximum absolute atomic E-state index is 5.18. The zero-order valence-electron chi connectivity index (χ0n) is 14.5. The molecule has 2 heterocycles. The van der Waals surface area contributed by atoms with Crippen LogP contribution in [0.2, 0.25) is 0 Å². The molecule has 4 rings (SSSR count). The second-order valence-corrected chi connectivity index (χ2v) is 5.70. The second-order valence-electron chi connectivity index (χ2n) is 5.70. The van der Waals surface area contributed by atoms with E-state index in [4.69, 9.17) is 4.74 Å². The molecule has 0 aliphatic heterocycles. The Bertz CT molecular complexity index is 1040. The van der Waals surface area contributed by atoms with Crippen molar-refractivity contribution in [2.45, 2.75) is 13.3 Å². The molecule has 0 bridgehead atoms. The smallest absolute Gasteiger partial charge is 0.257 e. The second kappa shape index (κ2) is 6.79. The van der Waals surface area contributed by atoms with Crippen LogP contribution in [0.5, 0.6) is 5.75 Å². The Balaban J connectivity index is 1.72. The average Bonchev–Trinajstić information content (AvgIpc) is 3.07. The van der Waals surface area contributed by atoms with Gasteiger partial charge in [-0.25, -0.2) is 4.98 Å². The van der Waals surface area contributed by atoms with E-state index in [1.54, 1.807) is 13.3 Å². The molecular weight excluding hydrogens is 328 g/mol. The van der Waals surface area contributed by atoms with Crippen molar-refractivity contribution in [3.8, 4) is 11.7 Å². The van der Waals surface area contributed by atoms with Crippen LogP contribution in [-0.2, 0) is 6.42 Å². The number of benzene rings is 2. The van der Waals surface area contributed by atoms with Crippen LogP contribution in [0, 0.1) is 0 Å². The van der Waals surface area contributed by atoms with Crippen LogP contribution in [0.25, 0.3) is 17.0 Å². The lowest BCUT2D eigenvalue weighted by Crippen LogP contribution is -2.08. The minimum absolute atomic E-state index is 0.495. The Morgan fingerprint density at radius 3 is 2.62 bits per heavy atom. The minimum Gasteiger partial charge on any atom is -0.497 e. The molecule has 0 unspecified atom stereocenters. The Labute approximate surface area is 150 Å². The maximum atomic E-state index is 5.18.